The van der Waals surface area contributed by atoms with Crippen LogP contribution in [-0.4, -0.2) is 25.5 Å². The van der Waals surface area contributed by atoms with Gasteiger partial charge in [0.1, 0.15) is 0 Å². The van der Waals surface area contributed by atoms with E-state index >= 15 is 0 Å². The van der Waals surface area contributed by atoms with E-state index in [1.807, 2.05) is 0 Å². The predicted octanol–water partition coefficient (Wildman–Crippen LogP) is 1.61. The fourth-order valence-corrected chi connectivity index (χ4v) is 2.07. The standard InChI is InChI=1S/C12H14F3N3O/c13-12(14,15)9-6-8(16)2-3-10(9)18-5-1-4-17-11(19)7-18/h2-3,6H,1,4-5,7,16H2,(H,17,19). The number of nitrogens with one attached hydrogen (secondary N) is 1. The van der Waals surface area contributed by atoms with E-state index < -0.39 is 11.7 Å². The molecular weight excluding hydrogens is 259 g/mol. The molecule has 1 aliphatic rings. The molecule has 1 fully saturated rings. The maximum atomic E-state index is 13.0. The molecule has 19 heavy (non-hydrogen) atoms. The summed E-state index contributed by atoms with van der Waals surface area (Å²) < 4.78 is 39.0. The molecule has 0 aromatic heterocycles. The monoisotopic (exact) mass is 273 g/mol. The summed E-state index contributed by atoms with van der Waals surface area (Å²) in [5.41, 5.74) is 4.66. The predicted molar refractivity (Wildman–Crippen MR) is 65.7 cm³/mol. The second kappa shape index (κ2) is 4.99. The Kier molecular flexibility index (Phi) is 3.55. The molecule has 0 atom stereocenters. The Hall–Kier alpha value is -1.92. The first-order valence-electron chi connectivity index (χ1n) is 5.86. The van der Waals surface area contributed by atoms with E-state index in [0.717, 1.165) is 6.07 Å². The maximum absolute atomic E-state index is 13.0. The summed E-state index contributed by atoms with van der Waals surface area (Å²) in [5.74, 6) is -0.276. The Balaban J connectivity index is 2.40. The molecule has 1 aromatic carbocycles. The zero-order chi connectivity index (χ0) is 14.0. The Morgan fingerprint density at radius 1 is 1.32 bits per heavy atom. The highest BCUT2D eigenvalue weighted by atomic mass is 19.4. The van der Waals surface area contributed by atoms with Crippen LogP contribution in [-0.2, 0) is 11.0 Å². The van der Waals surface area contributed by atoms with E-state index in [4.69, 9.17) is 5.73 Å². The van der Waals surface area contributed by atoms with E-state index in [9.17, 15) is 18.0 Å². The molecule has 4 nitrogen and oxygen atoms in total. The fourth-order valence-electron chi connectivity index (χ4n) is 2.07. The first-order chi connectivity index (χ1) is 8.88. The lowest BCUT2D eigenvalue weighted by Crippen LogP contribution is -2.34. The number of nitrogens with zero attached hydrogens (tertiary/aromatic N) is 1. The van der Waals surface area contributed by atoms with E-state index in [-0.39, 0.29) is 23.8 Å². The molecule has 2 rings (SSSR count). The number of hydrogen-bond donors (Lipinski definition) is 2. The van der Waals surface area contributed by atoms with Gasteiger partial charge in [-0.25, -0.2) is 0 Å². The summed E-state index contributed by atoms with van der Waals surface area (Å²) >= 11 is 0. The van der Waals surface area contributed by atoms with Crippen LogP contribution < -0.4 is 16.0 Å². The van der Waals surface area contributed by atoms with E-state index in [1.54, 1.807) is 0 Å². The number of nitrogen functional groups attached to an aromatic ring is 1. The number of nitrogens with two attached hydrogens (primary N) is 1. The lowest BCUT2D eigenvalue weighted by atomic mass is 10.1. The molecular formula is C12H14F3N3O. The average molecular weight is 273 g/mol. The number of carbonyl (C=O) groups excluding carboxylic acids is 1. The van der Waals surface area contributed by atoms with Gasteiger partial charge in [-0.15, -0.1) is 0 Å². The third kappa shape index (κ3) is 3.10. The van der Waals surface area contributed by atoms with Crippen LogP contribution in [0.2, 0.25) is 0 Å². The smallest absolute Gasteiger partial charge is 0.399 e. The molecule has 3 N–H and O–H groups in total. The number of hydrogen-bond acceptors (Lipinski definition) is 3. The molecule has 1 aliphatic heterocycles. The van der Waals surface area contributed by atoms with E-state index in [1.165, 1.54) is 17.0 Å². The first-order valence-corrected chi connectivity index (χ1v) is 5.86. The van der Waals surface area contributed by atoms with Crippen LogP contribution in [0.5, 0.6) is 0 Å². The third-order valence-corrected chi connectivity index (χ3v) is 2.93. The van der Waals surface area contributed by atoms with Gasteiger partial charge in [0.15, 0.2) is 0 Å². The minimum absolute atomic E-state index is 0.00116. The van der Waals surface area contributed by atoms with Crippen LogP contribution in [0.4, 0.5) is 24.5 Å². The number of halogens is 3. The summed E-state index contributed by atoms with van der Waals surface area (Å²) in [5, 5.41) is 2.63. The molecule has 0 saturated carbocycles. The second-order valence-corrected chi connectivity index (χ2v) is 4.40. The zero-order valence-electron chi connectivity index (χ0n) is 10.1. The summed E-state index contributed by atoms with van der Waals surface area (Å²) in [7, 11) is 0. The van der Waals surface area contributed by atoms with Gasteiger partial charge in [0.2, 0.25) is 5.91 Å². The molecule has 0 unspecified atom stereocenters. The molecule has 1 aromatic rings. The van der Waals surface area contributed by atoms with Crippen molar-refractivity contribution in [2.24, 2.45) is 0 Å². The zero-order valence-corrected chi connectivity index (χ0v) is 10.1. The van der Waals surface area contributed by atoms with Gasteiger partial charge in [-0.3, -0.25) is 4.79 Å². The van der Waals surface area contributed by atoms with Crippen LogP contribution in [0.1, 0.15) is 12.0 Å². The van der Waals surface area contributed by atoms with Crippen molar-refractivity contribution >= 4 is 17.3 Å². The second-order valence-electron chi connectivity index (χ2n) is 4.40. The van der Waals surface area contributed by atoms with E-state index in [2.05, 4.69) is 5.32 Å². The summed E-state index contributed by atoms with van der Waals surface area (Å²) in [4.78, 5) is 12.9. The van der Waals surface area contributed by atoms with Crippen molar-refractivity contribution in [1.29, 1.82) is 0 Å². The number of amides is 1. The van der Waals surface area contributed by atoms with Gasteiger partial charge in [0.25, 0.3) is 0 Å². The van der Waals surface area contributed by atoms with Gasteiger partial charge in [0, 0.05) is 24.5 Å². The van der Waals surface area contributed by atoms with Crippen molar-refractivity contribution in [3.8, 4) is 0 Å². The third-order valence-electron chi connectivity index (χ3n) is 2.93. The van der Waals surface area contributed by atoms with Gasteiger partial charge < -0.3 is 16.0 Å². The Labute approximate surface area is 108 Å². The van der Waals surface area contributed by atoms with Gasteiger partial charge >= 0.3 is 6.18 Å². The van der Waals surface area contributed by atoms with Crippen LogP contribution in [0.15, 0.2) is 18.2 Å². The van der Waals surface area contributed by atoms with Crippen molar-refractivity contribution in [2.45, 2.75) is 12.6 Å². The molecule has 1 saturated heterocycles. The highest BCUT2D eigenvalue weighted by Crippen LogP contribution is 2.37. The van der Waals surface area contributed by atoms with Gasteiger partial charge in [-0.1, -0.05) is 0 Å². The Morgan fingerprint density at radius 2 is 2.05 bits per heavy atom. The van der Waals surface area contributed by atoms with Crippen LogP contribution in [0.3, 0.4) is 0 Å². The SMILES string of the molecule is Nc1ccc(N2CCCNC(=O)C2)c(C(F)(F)F)c1. The van der Waals surface area contributed by atoms with Gasteiger partial charge in [0.05, 0.1) is 12.1 Å². The maximum Gasteiger partial charge on any atom is 0.418 e. The topological polar surface area (TPSA) is 58.4 Å². The van der Waals surface area contributed by atoms with Crippen molar-refractivity contribution in [3.05, 3.63) is 23.8 Å². The van der Waals surface area contributed by atoms with Crippen molar-refractivity contribution in [2.75, 3.05) is 30.3 Å². The lowest BCUT2D eigenvalue weighted by Gasteiger charge is -2.25. The molecule has 104 valence electrons. The average Bonchev–Trinajstić information content (AvgIpc) is 2.52. The number of anilines is 2. The van der Waals surface area contributed by atoms with Crippen molar-refractivity contribution in [1.82, 2.24) is 5.32 Å². The van der Waals surface area contributed by atoms with Gasteiger partial charge in [-0.2, -0.15) is 13.2 Å². The van der Waals surface area contributed by atoms with Crippen LogP contribution in [0.25, 0.3) is 0 Å². The van der Waals surface area contributed by atoms with Crippen LogP contribution in [0, 0.1) is 0 Å². The number of benzene rings is 1. The van der Waals surface area contributed by atoms with Crippen LogP contribution >= 0.6 is 0 Å². The number of carbonyl (C=O) groups is 1. The largest absolute Gasteiger partial charge is 0.418 e. The Bertz CT molecular complexity index is 488. The molecule has 0 spiro atoms. The minimum Gasteiger partial charge on any atom is -0.399 e. The number of rotatable bonds is 1. The molecule has 7 heteroatoms. The summed E-state index contributed by atoms with van der Waals surface area (Å²) in [6.45, 7) is 0.796. The fraction of sp³-hybridized carbons (Fsp3) is 0.417. The van der Waals surface area contributed by atoms with E-state index in [0.29, 0.717) is 19.5 Å². The quantitative estimate of drug-likeness (QED) is 0.764. The Morgan fingerprint density at radius 3 is 2.74 bits per heavy atom. The molecule has 0 bridgehead atoms. The summed E-state index contributed by atoms with van der Waals surface area (Å²) in [6, 6.07) is 3.63. The number of alkyl halides is 3. The molecule has 1 heterocycles. The van der Waals surface area contributed by atoms with Gasteiger partial charge in [-0.05, 0) is 24.6 Å². The highest BCUT2D eigenvalue weighted by Gasteiger charge is 2.35. The first kappa shape index (κ1) is 13.5. The molecule has 0 aliphatic carbocycles. The summed E-state index contributed by atoms with van der Waals surface area (Å²) in [6.07, 6.45) is -3.89. The minimum atomic E-state index is -4.49. The van der Waals surface area contributed by atoms with Crippen molar-refractivity contribution in [3.63, 3.8) is 0 Å². The normalized spacial score (nSPS) is 17.0. The van der Waals surface area contributed by atoms with Crippen molar-refractivity contribution < 1.29 is 18.0 Å². The lowest BCUT2D eigenvalue weighted by molar-refractivity contribution is -0.137. The highest BCUT2D eigenvalue weighted by molar-refractivity contribution is 5.82. The molecule has 1 amide bonds. The molecule has 0 radical (unpaired) electrons.